The van der Waals surface area contributed by atoms with E-state index in [1.807, 2.05) is 19.1 Å². The summed E-state index contributed by atoms with van der Waals surface area (Å²) in [6, 6.07) is 0. The van der Waals surface area contributed by atoms with Gasteiger partial charge in [0, 0.05) is 6.42 Å². The van der Waals surface area contributed by atoms with E-state index in [0.717, 1.165) is 18.4 Å². The number of aryl methyl sites for hydroxylation is 1. The van der Waals surface area contributed by atoms with Gasteiger partial charge in [0.1, 0.15) is 5.76 Å². The minimum Gasteiger partial charge on any atom is -0.442 e. The zero-order valence-electron chi connectivity index (χ0n) is 12.8. The maximum atomic E-state index is 10.9. The van der Waals surface area contributed by atoms with Crippen LogP contribution in [0.3, 0.4) is 0 Å². The zero-order valence-corrected chi connectivity index (χ0v) is 13.6. The molecule has 0 bridgehead atoms. The lowest BCUT2D eigenvalue weighted by atomic mass is 9.92. The Kier molecular flexibility index (Phi) is 5.53. The lowest BCUT2D eigenvalue weighted by molar-refractivity contribution is 0.324. The van der Waals surface area contributed by atoms with Crippen molar-refractivity contribution in [2.45, 2.75) is 40.5 Å². The van der Waals surface area contributed by atoms with Crippen LogP contribution in [0.15, 0.2) is 10.5 Å². The second-order valence-electron chi connectivity index (χ2n) is 6.00. The Hall–Kier alpha value is -1.14. The Bertz CT molecular complexity index is 564. The van der Waals surface area contributed by atoms with Gasteiger partial charge >= 0.3 is 0 Å². The third-order valence-electron chi connectivity index (χ3n) is 2.54. The van der Waals surface area contributed by atoms with Crippen LogP contribution in [0.2, 0.25) is 0 Å². The molecule has 1 heterocycles. The summed E-state index contributed by atoms with van der Waals surface area (Å²) in [5.74, 6) is 1.23. The minimum absolute atomic E-state index is 0.0807. The van der Waals surface area contributed by atoms with Crippen LogP contribution in [0.4, 0.5) is 0 Å². The summed E-state index contributed by atoms with van der Waals surface area (Å²) in [5, 5.41) is 0. The third kappa shape index (κ3) is 6.86. The molecular weight excluding hydrogens is 278 g/mol. The van der Waals surface area contributed by atoms with Crippen LogP contribution in [0.5, 0.6) is 0 Å². The molecule has 0 atom stereocenters. The molecule has 0 saturated carbocycles. The molecule has 0 saturated heterocycles. The number of oxazole rings is 1. The summed E-state index contributed by atoms with van der Waals surface area (Å²) in [7, 11) is -3.40. The Balaban J connectivity index is 2.59. The molecule has 0 aliphatic carbocycles. The van der Waals surface area contributed by atoms with Crippen molar-refractivity contribution in [1.82, 2.24) is 4.98 Å². The van der Waals surface area contributed by atoms with Gasteiger partial charge in [-0.25, -0.2) is 4.98 Å². The molecule has 1 aromatic heterocycles. The van der Waals surface area contributed by atoms with Crippen molar-refractivity contribution in [3.05, 3.63) is 23.4 Å². The standard InChI is InChI=1S/C14H23NO4S/c1-11-12(8-10-18-20(5,16)17)15-13(19-11)7-6-9-14(2,3)4/h6-7H,8-10H2,1-5H3. The summed E-state index contributed by atoms with van der Waals surface area (Å²) in [4.78, 5) is 4.32. The van der Waals surface area contributed by atoms with Gasteiger partial charge in [-0.05, 0) is 24.8 Å². The fraction of sp³-hybridized carbons (Fsp3) is 0.643. The van der Waals surface area contributed by atoms with Crippen LogP contribution in [0.1, 0.15) is 44.5 Å². The van der Waals surface area contributed by atoms with Crippen LogP contribution >= 0.6 is 0 Å². The molecule has 0 aliphatic rings. The van der Waals surface area contributed by atoms with Crippen molar-refractivity contribution in [3.63, 3.8) is 0 Å². The first-order valence-electron chi connectivity index (χ1n) is 6.54. The zero-order chi connectivity index (χ0) is 15.4. The average Bonchev–Trinajstić information content (AvgIpc) is 2.56. The van der Waals surface area contributed by atoms with Gasteiger partial charge in [-0.2, -0.15) is 8.42 Å². The first-order chi connectivity index (χ1) is 9.07. The van der Waals surface area contributed by atoms with Crippen molar-refractivity contribution >= 4 is 16.2 Å². The van der Waals surface area contributed by atoms with Gasteiger partial charge in [-0.3, -0.25) is 4.18 Å². The molecule has 114 valence electrons. The molecule has 0 amide bonds. The van der Waals surface area contributed by atoms with Crippen molar-refractivity contribution in [2.75, 3.05) is 12.9 Å². The van der Waals surface area contributed by atoms with E-state index in [4.69, 9.17) is 8.60 Å². The maximum Gasteiger partial charge on any atom is 0.264 e. The van der Waals surface area contributed by atoms with Crippen LogP contribution in [0.25, 0.3) is 6.08 Å². The lowest BCUT2D eigenvalue weighted by Gasteiger charge is -2.13. The first-order valence-corrected chi connectivity index (χ1v) is 8.36. The molecule has 0 fully saturated rings. The minimum atomic E-state index is -3.40. The Morgan fingerprint density at radius 3 is 2.55 bits per heavy atom. The van der Waals surface area contributed by atoms with Gasteiger partial charge in [0.05, 0.1) is 18.6 Å². The molecule has 0 N–H and O–H groups in total. The molecule has 1 rings (SSSR count). The summed E-state index contributed by atoms with van der Waals surface area (Å²) in [5.41, 5.74) is 0.952. The van der Waals surface area contributed by atoms with E-state index in [1.54, 1.807) is 0 Å². The molecule has 0 radical (unpaired) electrons. The fourth-order valence-corrected chi connectivity index (χ4v) is 1.94. The van der Waals surface area contributed by atoms with Gasteiger partial charge < -0.3 is 4.42 Å². The van der Waals surface area contributed by atoms with Gasteiger partial charge in [0.2, 0.25) is 5.89 Å². The van der Waals surface area contributed by atoms with Crippen molar-refractivity contribution < 1.29 is 17.0 Å². The number of rotatable bonds is 6. The van der Waals surface area contributed by atoms with Gasteiger partial charge in [0.15, 0.2) is 0 Å². The van der Waals surface area contributed by atoms with Gasteiger partial charge in [-0.15, -0.1) is 0 Å². The Morgan fingerprint density at radius 2 is 2.00 bits per heavy atom. The summed E-state index contributed by atoms with van der Waals surface area (Å²) >= 11 is 0. The van der Waals surface area contributed by atoms with Crippen LogP contribution in [-0.4, -0.2) is 26.3 Å². The molecule has 5 nitrogen and oxygen atoms in total. The quantitative estimate of drug-likeness (QED) is 0.756. The van der Waals surface area contributed by atoms with Gasteiger partial charge in [-0.1, -0.05) is 26.8 Å². The van der Waals surface area contributed by atoms with E-state index in [-0.39, 0.29) is 12.0 Å². The van der Waals surface area contributed by atoms with Crippen LogP contribution in [-0.2, 0) is 20.7 Å². The van der Waals surface area contributed by atoms with E-state index in [0.29, 0.717) is 18.1 Å². The smallest absolute Gasteiger partial charge is 0.264 e. The highest BCUT2D eigenvalue weighted by atomic mass is 32.2. The third-order valence-corrected chi connectivity index (χ3v) is 3.13. The number of aromatic nitrogens is 1. The largest absolute Gasteiger partial charge is 0.442 e. The summed E-state index contributed by atoms with van der Waals surface area (Å²) in [6.45, 7) is 8.37. The second-order valence-corrected chi connectivity index (χ2v) is 7.64. The van der Waals surface area contributed by atoms with E-state index < -0.39 is 10.1 Å². The highest BCUT2D eigenvalue weighted by Gasteiger charge is 2.10. The highest BCUT2D eigenvalue weighted by molar-refractivity contribution is 7.85. The molecule has 6 heteroatoms. The highest BCUT2D eigenvalue weighted by Crippen LogP contribution is 2.20. The van der Waals surface area contributed by atoms with Crippen molar-refractivity contribution in [1.29, 1.82) is 0 Å². The number of hydrogen-bond donors (Lipinski definition) is 0. The Labute approximate surface area is 121 Å². The molecule has 1 aromatic rings. The second kappa shape index (κ2) is 6.54. The Morgan fingerprint density at radius 1 is 1.35 bits per heavy atom. The lowest BCUT2D eigenvalue weighted by Crippen LogP contribution is -2.06. The average molecular weight is 301 g/mol. The first kappa shape index (κ1) is 16.9. The molecule has 0 aromatic carbocycles. The van der Waals surface area contributed by atoms with E-state index in [9.17, 15) is 8.42 Å². The monoisotopic (exact) mass is 301 g/mol. The normalized spacial score (nSPS) is 13.2. The van der Waals surface area contributed by atoms with E-state index in [1.165, 1.54) is 0 Å². The van der Waals surface area contributed by atoms with Crippen molar-refractivity contribution in [2.24, 2.45) is 5.41 Å². The molecule has 0 unspecified atom stereocenters. The van der Waals surface area contributed by atoms with E-state index in [2.05, 4.69) is 25.8 Å². The number of nitrogens with zero attached hydrogens (tertiary/aromatic N) is 1. The molecular formula is C14H23NO4S. The number of allylic oxidation sites excluding steroid dienone is 1. The number of hydrogen-bond acceptors (Lipinski definition) is 5. The molecule has 0 aliphatic heterocycles. The maximum absolute atomic E-state index is 10.9. The van der Waals surface area contributed by atoms with E-state index >= 15 is 0 Å². The van der Waals surface area contributed by atoms with Crippen LogP contribution < -0.4 is 0 Å². The topological polar surface area (TPSA) is 69.4 Å². The summed E-state index contributed by atoms with van der Waals surface area (Å²) in [6.07, 6.45) is 6.25. The summed E-state index contributed by atoms with van der Waals surface area (Å²) < 4.78 is 31.9. The predicted octanol–water partition coefficient (Wildman–Crippen LogP) is 2.95. The fourth-order valence-electron chi connectivity index (χ4n) is 1.56. The predicted molar refractivity (Wildman–Crippen MR) is 78.8 cm³/mol. The molecule has 20 heavy (non-hydrogen) atoms. The molecule has 0 spiro atoms. The van der Waals surface area contributed by atoms with Crippen LogP contribution in [0, 0.1) is 12.3 Å². The van der Waals surface area contributed by atoms with Gasteiger partial charge in [0.25, 0.3) is 10.1 Å². The SMILES string of the molecule is Cc1oc(C=CCC(C)(C)C)nc1CCOS(C)(=O)=O. The van der Waals surface area contributed by atoms with Crippen molar-refractivity contribution in [3.8, 4) is 0 Å².